The van der Waals surface area contributed by atoms with E-state index in [1.54, 1.807) is 30.3 Å². The Morgan fingerprint density at radius 2 is 1.50 bits per heavy atom. The molecule has 0 radical (unpaired) electrons. The van der Waals surface area contributed by atoms with E-state index in [2.05, 4.69) is 0 Å². The third-order valence-corrected chi connectivity index (χ3v) is 3.94. The molecular formula is C16H12ClF3. The zero-order valence-corrected chi connectivity index (χ0v) is 11.4. The second-order valence-electron chi connectivity index (χ2n) is 5.02. The second kappa shape index (κ2) is 4.81. The maximum Gasteiger partial charge on any atom is 0.417 e. The third-order valence-electron chi connectivity index (χ3n) is 3.69. The summed E-state index contributed by atoms with van der Waals surface area (Å²) in [5, 5.41) is 0.517. The molecule has 104 valence electrons. The van der Waals surface area contributed by atoms with Crippen molar-refractivity contribution in [3.8, 4) is 11.1 Å². The number of hydrogen-bond acceptors (Lipinski definition) is 0. The van der Waals surface area contributed by atoms with Crippen LogP contribution in [-0.2, 0) is 19.0 Å². The van der Waals surface area contributed by atoms with Crippen molar-refractivity contribution < 1.29 is 13.2 Å². The molecule has 2 aromatic rings. The number of rotatable bonds is 1. The largest absolute Gasteiger partial charge is 0.417 e. The molecule has 0 nitrogen and oxygen atoms in total. The molecule has 0 aromatic heterocycles. The molecule has 0 bridgehead atoms. The van der Waals surface area contributed by atoms with Gasteiger partial charge in [0.25, 0.3) is 0 Å². The summed E-state index contributed by atoms with van der Waals surface area (Å²) < 4.78 is 39.8. The summed E-state index contributed by atoms with van der Waals surface area (Å²) in [4.78, 5) is 0. The lowest BCUT2D eigenvalue weighted by atomic mass is 9.94. The molecule has 0 saturated carbocycles. The predicted molar refractivity (Wildman–Crippen MR) is 73.9 cm³/mol. The first-order valence-corrected chi connectivity index (χ1v) is 6.82. The molecule has 0 saturated heterocycles. The van der Waals surface area contributed by atoms with Gasteiger partial charge >= 0.3 is 6.18 Å². The molecule has 0 aliphatic heterocycles. The Morgan fingerprint density at radius 3 is 2.10 bits per heavy atom. The Labute approximate surface area is 120 Å². The van der Waals surface area contributed by atoms with Crippen LogP contribution >= 0.6 is 11.6 Å². The SMILES string of the molecule is FC(F)(F)c1cc2c(cc1-c1ccc(Cl)cc1)CCC2. The van der Waals surface area contributed by atoms with E-state index in [9.17, 15) is 13.2 Å². The van der Waals surface area contributed by atoms with Gasteiger partial charge in [-0.2, -0.15) is 13.2 Å². The highest BCUT2D eigenvalue weighted by atomic mass is 35.5. The molecule has 0 atom stereocenters. The summed E-state index contributed by atoms with van der Waals surface area (Å²) in [5.41, 5.74) is 2.10. The minimum atomic E-state index is -4.34. The Kier molecular flexibility index (Phi) is 3.25. The molecule has 4 heteroatoms. The van der Waals surface area contributed by atoms with Gasteiger partial charge in [0, 0.05) is 5.02 Å². The molecule has 0 heterocycles. The molecule has 1 aliphatic carbocycles. The first kappa shape index (κ1) is 13.5. The van der Waals surface area contributed by atoms with E-state index in [1.807, 2.05) is 0 Å². The number of halogens is 4. The first-order valence-electron chi connectivity index (χ1n) is 6.44. The van der Waals surface area contributed by atoms with E-state index in [0.717, 1.165) is 30.4 Å². The Balaban J connectivity index is 2.20. The smallest absolute Gasteiger partial charge is 0.166 e. The van der Waals surface area contributed by atoms with Crippen molar-refractivity contribution in [3.63, 3.8) is 0 Å². The van der Waals surface area contributed by atoms with E-state index in [0.29, 0.717) is 10.6 Å². The van der Waals surface area contributed by atoms with Crippen LogP contribution in [0, 0.1) is 0 Å². The molecule has 3 rings (SSSR count). The van der Waals surface area contributed by atoms with Crippen LogP contribution in [0.2, 0.25) is 5.02 Å². The van der Waals surface area contributed by atoms with Crippen LogP contribution in [0.1, 0.15) is 23.1 Å². The summed E-state index contributed by atoms with van der Waals surface area (Å²) in [6.45, 7) is 0. The van der Waals surface area contributed by atoms with Crippen LogP contribution in [0.25, 0.3) is 11.1 Å². The molecule has 0 fully saturated rings. The van der Waals surface area contributed by atoms with Crippen molar-refractivity contribution in [3.05, 3.63) is 58.1 Å². The van der Waals surface area contributed by atoms with Crippen LogP contribution in [0.3, 0.4) is 0 Å². The monoisotopic (exact) mass is 296 g/mol. The van der Waals surface area contributed by atoms with E-state index in [-0.39, 0.29) is 5.56 Å². The van der Waals surface area contributed by atoms with Crippen LogP contribution in [0.4, 0.5) is 13.2 Å². The summed E-state index contributed by atoms with van der Waals surface area (Å²) in [6.07, 6.45) is -1.82. The lowest BCUT2D eigenvalue weighted by Gasteiger charge is -2.15. The number of aryl methyl sites for hydroxylation is 2. The Morgan fingerprint density at radius 1 is 0.900 bits per heavy atom. The Hall–Kier alpha value is -1.48. The van der Waals surface area contributed by atoms with Gasteiger partial charge in [-0.1, -0.05) is 29.8 Å². The zero-order chi connectivity index (χ0) is 14.3. The molecule has 0 amide bonds. The summed E-state index contributed by atoms with van der Waals surface area (Å²) >= 11 is 5.80. The lowest BCUT2D eigenvalue weighted by molar-refractivity contribution is -0.137. The first-order chi connectivity index (χ1) is 9.45. The fourth-order valence-corrected chi connectivity index (χ4v) is 2.85. The number of benzene rings is 2. The van der Waals surface area contributed by atoms with Crippen molar-refractivity contribution in [2.24, 2.45) is 0 Å². The zero-order valence-electron chi connectivity index (χ0n) is 10.6. The molecule has 0 unspecified atom stereocenters. The van der Waals surface area contributed by atoms with Crippen LogP contribution in [-0.4, -0.2) is 0 Å². The van der Waals surface area contributed by atoms with Crippen molar-refractivity contribution in [1.82, 2.24) is 0 Å². The summed E-state index contributed by atoms with van der Waals surface area (Å²) in [6, 6.07) is 9.50. The second-order valence-corrected chi connectivity index (χ2v) is 5.46. The van der Waals surface area contributed by atoms with Gasteiger partial charge in [0.2, 0.25) is 0 Å². The lowest BCUT2D eigenvalue weighted by Crippen LogP contribution is -2.08. The Bertz CT molecular complexity index is 642. The average molecular weight is 297 g/mol. The van der Waals surface area contributed by atoms with Crippen molar-refractivity contribution in [1.29, 1.82) is 0 Å². The highest BCUT2D eigenvalue weighted by Crippen LogP contribution is 2.40. The third kappa shape index (κ3) is 2.42. The van der Waals surface area contributed by atoms with E-state index in [4.69, 9.17) is 11.6 Å². The van der Waals surface area contributed by atoms with Gasteiger partial charge in [0.05, 0.1) is 5.56 Å². The van der Waals surface area contributed by atoms with Gasteiger partial charge in [-0.25, -0.2) is 0 Å². The minimum absolute atomic E-state index is 0.245. The average Bonchev–Trinajstić information content (AvgIpc) is 2.84. The van der Waals surface area contributed by atoms with Gasteiger partial charge in [-0.15, -0.1) is 0 Å². The molecule has 0 N–H and O–H groups in total. The fourth-order valence-electron chi connectivity index (χ4n) is 2.73. The van der Waals surface area contributed by atoms with Gasteiger partial charge in [0.15, 0.2) is 0 Å². The van der Waals surface area contributed by atoms with E-state index < -0.39 is 11.7 Å². The highest BCUT2D eigenvalue weighted by molar-refractivity contribution is 6.30. The van der Waals surface area contributed by atoms with Gasteiger partial charge in [0.1, 0.15) is 0 Å². The van der Waals surface area contributed by atoms with E-state index >= 15 is 0 Å². The maximum absolute atomic E-state index is 13.3. The van der Waals surface area contributed by atoms with Crippen LogP contribution in [0.5, 0.6) is 0 Å². The normalized spacial score (nSPS) is 14.4. The van der Waals surface area contributed by atoms with Gasteiger partial charge < -0.3 is 0 Å². The van der Waals surface area contributed by atoms with Crippen molar-refractivity contribution in [2.45, 2.75) is 25.4 Å². The van der Waals surface area contributed by atoms with Crippen molar-refractivity contribution >= 4 is 11.6 Å². The maximum atomic E-state index is 13.3. The molecular weight excluding hydrogens is 285 g/mol. The van der Waals surface area contributed by atoms with E-state index in [1.165, 1.54) is 6.07 Å². The number of hydrogen-bond donors (Lipinski definition) is 0. The standard InChI is InChI=1S/C16H12ClF3/c17-13-6-4-10(5-7-13)14-8-11-2-1-3-12(11)9-15(14)16(18,19)20/h4-9H,1-3H2. The van der Waals surface area contributed by atoms with Crippen LogP contribution in [0.15, 0.2) is 36.4 Å². The van der Waals surface area contributed by atoms with Crippen LogP contribution < -0.4 is 0 Å². The topological polar surface area (TPSA) is 0 Å². The molecule has 20 heavy (non-hydrogen) atoms. The number of fused-ring (bicyclic) bond motifs is 1. The summed E-state index contributed by atoms with van der Waals surface area (Å²) in [5.74, 6) is 0. The number of alkyl halides is 3. The van der Waals surface area contributed by atoms with Crippen molar-refractivity contribution in [2.75, 3.05) is 0 Å². The fraction of sp³-hybridized carbons (Fsp3) is 0.250. The molecule has 0 spiro atoms. The molecule has 2 aromatic carbocycles. The highest BCUT2D eigenvalue weighted by Gasteiger charge is 2.35. The van der Waals surface area contributed by atoms with Gasteiger partial charge in [-0.05, 0) is 59.7 Å². The quantitative estimate of drug-likeness (QED) is 0.650. The van der Waals surface area contributed by atoms with Gasteiger partial charge in [-0.3, -0.25) is 0 Å². The summed E-state index contributed by atoms with van der Waals surface area (Å²) in [7, 11) is 0. The minimum Gasteiger partial charge on any atom is -0.166 e. The molecule has 1 aliphatic rings. The predicted octanol–water partition coefficient (Wildman–Crippen LogP) is 5.51.